The molecule has 0 aromatic carbocycles. The fourth-order valence-corrected chi connectivity index (χ4v) is 2.50. The molecule has 0 bridgehead atoms. The van der Waals surface area contributed by atoms with Crippen molar-refractivity contribution in [1.82, 2.24) is 15.5 Å². The van der Waals surface area contributed by atoms with Crippen LogP contribution in [0.2, 0.25) is 0 Å². The molecule has 2 N–H and O–H groups in total. The van der Waals surface area contributed by atoms with E-state index in [0.29, 0.717) is 0 Å². The topological polar surface area (TPSA) is 48.9 Å². The third-order valence-electron chi connectivity index (χ3n) is 3.87. The number of likely N-dealkylation sites (tertiary alicyclic amines) is 1. The van der Waals surface area contributed by atoms with Crippen molar-refractivity contribution in [3.05, 3.63) is 0 Å². The van der Waals surface area contributed by atoms with Crippen molar-refractivity contribution in [3.63, 3.8) is 0 Å². The lowest BCUT2D eigenvalue weighted by molar-refractivity contribution is 0.152. The summed E-state index contributed by atoms with van der Waals surface area (Å²) in [7, 11) is 0. The standard InChI is InChI=1S/C16H34N4O/c1-4-17-16(19-10-14-21-5-2)18-9-6-11-20-12-7-15(3)8-13-20/h15H,4-14H2,1-3H3,(H2,17,18,19). The quantitative estimate of drug-likeness (QED) is 0.386. The van der Waals surface area contributed by atoms with E-state index in [1.54, 1.807) is 0 Å². The summed E-state index contributed by atoms with van der Waals surface area (Å²) in [6.07, 6.45) is 3.84. The summed E-state index contributed by atoms with van der Waals surface area (Å²) in [5, 5.41) is 6.57. The molecule has 5 heteroatoms. The van der Waals surface area contributed by atoms with Crippen LogP contribution >= 0.6 is 0 Å². The zero-order chi connectivity index (χ0) is 15.3. The van der Waals surface area contributed by atoms with Crippen molar-refractivity contribution in [1.29, 1.82) is 0 Å². The van der Waals surface area contributed by atoms with Crippen LogP contribution < -0.4 is 10.6 Å². The summed E-state index contributed by atoms with van der Waals surface area (Å²) in [6, 6.07) is 0. The van der Waals surface area contributed by atoms with Gasteiger partial charge in [0.25, 0.3) is 0 Å². The second-order valence-corrected chi connectivity index (χ2v) is 5.76. The Hall–Kier alpha value is -0.810. The Morgan fingerprint density at radius 3 is 2.67 bits per heavy atom. The number of guanidine groups is 1. The van der Waals surface area contributed by atoms with E-state index < -0.39 is 0 Å². The second-order valence-electron chi connectivity index (χ2n) is 5.76. The van der Waals surface area contributed by atoms with E-state index in [1.807, 2.05) is 6.92 Å². The van der Waals surface area contributed by atoms with Gasteiger partial charge in [0.2, 0.25) is 0 Å². The maximum atomic E-state index is 5.32. The number of rotatable bonds is 9. The Balaban J connectivity index is 2.14. The molecule has 124 valence electrons. The van der Waals surface area contributed by atoms with Gasteiger partial charge in [-0.15, -0.1) is 0 Å². The first-order valence-corrected chi connectivity index (χ1v) is 8.58. The van der Waals surface area contributed by atoms with Crippen molar-refractivity contribution in [3.8, 4) is 0 Å². The van der Waals surface area contributed by atoms with E-state index in [2.05, 4.69) is 34.4 Å². The predicted octanol–water partition coefficient (Wildman–Crippen LogP) is 1.70. The first kappa shape index (κ1) is 18.2. The second kappa shape index (κ2) is 11.8. The summed E-state index contributed by atoms with van der Waals surface area (Å²) in [4.78, 5) is 7.20. The number of hydrogen-bond donors (Lipinski definition) is 2. The molecule has 0 radical (unpaired) electrons. The number of ether oxygens (including phenoxy) is 1. The predicted molar refractivity (Wildman–Crippen MR) is 89.9 cm³/mol. The molecule has 0 amide bonds. The zero-order valence-corrected chi connectivity index (χ0v) is 14.2. The minimum atomic E-state index is 0.729. The molecule has 1 heterocycles. The highest BCUT2D eigenvalue weighted by atomic mass is 16.5. The maximum Gasteiger partial charge on any atom is 0.191 e. The Morgan fingerprint density at radius 2 is 2.00 bits per heavy atom. The lowest BCUT2D eigenvalue weighted by Crippen LogP contribution is -2.39. The smallest absolute Gasteiger partial charge is 0.191 e. The van der Waals surface area contributed by atoms with Crippen molar-refractivity contribution < 1.29 is 4.74 Å². The summed E-state index contributed by atoms with van der Waals surface area (Å²) >= 11 is 0. The van der Waals surface area contributed by atoms with Crippen LogP contribution in [0.4, 0.5) is 0 Å². The van der Waals surface area contributed by atoms with Gasteiger partial charge < -0.3 is 20.3 Å². The fraction of sp³-hybridized carbons (Fsp3) is 0.938. The lowest BCUT2D eigenvalue weighted by atomic mass is 9.99. The highest BCUT2D eigenvalue weighted by molar-refractivity contribution is 5.79. The number of nitrogens with zero attached hydrogens (tertiary/aromatic N) is 2. The molecule has 0 atom stereocenters. The SMILES string of the molecule is CCNC(=NCCCN1CCC(C)CC1)NCCOCC. The van der Waals surface area contributed by atoms with Gasteiger partial charge in [-0.2, -0.15) is 0 Å². The van der Waals surface area contributed by atoms with Crippen LogP contribution in [0.3, 0.4) is 0 Å². The number of hydrogen-bond acceptors (Lipinski definition) is 3. The average Bonchev–Trinajstić information content (AvgIpc) is 2.49. The highest BCUT2D eigenvalue weighted by Crippen LogP contribution is 2.15. The summed E-state index contributed by atoms with van der Waals surface area (Å²) in [5.74, 6) is 1.82. The van der Waals surface area contributed by atoms with Crippen LogP contribution in [-0.2, 0) is 4.74 Å². The van der Waals surface area contributed by atoms with E-state index in [0.717, 1.165) is 51.1 Å². The van der Waals surface area contributed by atoms with Crippen LogP contribution in [0, 0.1) is 5.92 Å². The third-order valence-corrected chi connectivity index (χ3v) is 3.87. The molecule has 1 aliphatic heterocycles. The van der Waals surface area contributed by atoms with E-state index in [9.17, 15) is 0 Å². The molecule has 0 aromatic rings. The Kier molecular flexibility index (Phi) is 10.3. The molecular weight excluding hydrogens is 264 g/mol. The molecular formula is C16H34N4O. The number of nitrogens with one attached hydrogen (secondary N) is 2. The number of aliphatic imine (C=N–C) groups is 1. The molecule has 1 saturated heterocycles. The van der Waals surface area contributed by atoms with Gasteiger partial charge in [-0.3, -0.25) is 4.99 Å². The van der Waals surface area contributed by atoms with E-state index in [4.69, 9.17) is 4.74 Å². The molecule has 1 aliphatic rings. The molecule has 0 aromatic heterocycles. The van der Waals surface area contributed by atoms with Crippen molar-refractivity contribution in [2.75, 3.05) is 52.5 Å². The zero-order valence-electron chi connectivity index (χ0n) is 14.2. The monoisotopic (exact) mass is 298 g/mol. The Bertz CT molecular complexity index is 275. The third kappa shape index (κ3) is 8.94. The minimum Gasteiger partial charge on any atom is -0.380 e. The first-order chi connectivity index (χ1) is 10.3. The summed E-state index contributed by atoms with van der Waals surface area (Å²) < 4.78 is 5.32. The van der Waals surface area contributed by atoms with Gasteiger partial charge in [0.1, 0.15) is 0 Å². The van der Waals surface area contributed by atoms with Crippen molar-refractivity contribution in [2.45, 2.75) is 40.0 Å². The van der Waals surface area contributed by atoms with Crippen LogP contribution in [-0.4, -0.2) is 63.3 Å². The van der Waals surface area contributed by atoms with Gasteiger partial charge in [0.15, 0.2) is 5.96 Å². The fourth-order valence-electron chi connectivity index (χ4n) is 2.50. The van der Waals surface area contributed by atoms with Crippen LogP contribution in [0.25, 0.3) is 0 Å². The summed E-state index contributed by atoms with van der Waals surface area (Å²) in [5.41, 5.74) is 0. The number of piperidine rings is 1. The molecule has 1 fully saturated rings. The lowest BCUT2D eigenvalue weighted by Gasteiger charge is -2.29. The van der Waals surface area contributed by atoms with Gasteiger partial charge in [0.05, 0.1) is 6.61 Å². The Labute approximate surface area is 130 Å². The van der Waals surface area contributed by atoms with Gasteiger partial charge in [-0.1, -0.05) is 6.92 Å². The average molecular weight is 298 g/mol. The van der Waals surface area contributed by atoms with Crippen LogP contribution in [0.1, 0.15) is 40.0 Å². The molecule has 5 nitrogen and oxygen atoms in total. The first-order valence-electron chi connectivity index (χ1n) is 8.58. The molecule has 0 saturated carbocycles. The Morgan fingerprint density at radius 1 is 1.24 bits per heavy atom. The highest BCUT2D eigenvalue weighted by Gasteiger charge is 2.14. The van der Waals surface area contributed by atoms with E-state index in [-0.39, 0.29) is 0 Å². The molecule has 0 unspecified atom stereocenters. The maximum absolute atomic E-state index is 5.32. The molecule has 21 heavy (non-hydrogen) atoms. The van der Waals surface area contributed by atoms with Gasteiger partial charge in [0, 0.05) is 26.2 Å². The summed E-state index contributed by atoms with van der Waals surface area (Å²) in [6.45, 7) is 14.2. The minimum absolute atomic E-state index is 0.729. The largest absolute Gasteiger partial charge is 0.380 e. The molecule has 0 aliphatic carbocycles. The normalized spacial score (nSPS) is 18.0. The van der Waals surface area contributed by atoms with Crippen molar-refractivity contribution in [2.24, 2.45) is 10.9 Å². The molecule has 1 rings (SSSR count). The molecule has 0 spiro atoms. The van der Waals surface area contributed by atoms with Crippen molar-refractivity contribution >= 4 is 5.96 Å². The van der Waals surface area contributed by atoms with Gasteiger partial charge >= 0.3 is 0 Å². The van der Waals surface area contributed by atoms with E-state index in [1.165, 1.54) is 32.5 Å². The van der Waals surface area contributed by atoms with Gasteiger partial charge in [-0.05, 0) is 58.7 Å². The van der Waals surface area contributed by atoms with Gasteiger partial charge in [-0.25, -0.2) is 0 Å². The van der Waals surface area contributed by atoms with Crippen LogP contribution in [0.15, 0.2) is 4.99 Å². The van der Waals surface area contributed by atoms with Crippen LogP contribution in [0.5, 0.6) is 0 Å². The van der Waals surface area contributed by atoms with E-state index >= 15 is 0 Å².